The van der Waals surface area contributed by atoms with Crippen molar-refractivity contribution in [3.05, 3.63) is 41.2 Å². The van der Waals surface area contributed by atoms with Crippen LogP contribution in [-0.4, -0.2) is 36.4 Å². The largest absolute Gasteiger partial charge is 0.493 e. The van der Waals surface area contributed by atoms with Gasteiger partial charge in [0.1, 0.15) is 0 Å². The van der Waals surface area contributed by atoms with E-state index >= 15 is 0 Å². The maximum atomic E-state index is 12.3. The van der Waals surface area contributed by atoms with E-state index in [2.05, 4.69) is 15.5 Å². The van der Waals surface area contributed by atoms with Crippen molar-refractivity contribution in [1.29, 1.82) is 0 Å². The third kappa shape index (κ3) is 3.47. The summed E-state index contributed by atoms with van der Waals surface area (Å²) in [6, 6.07) is 5.70. The van der Waals surface area contributed by atoms with E-state index in [1.54, 1.807) is 14.2 Å². The molecular formula is C17H21N3O3. The Morgan fingerprint density at radius 2 is 2.17 bits per heavy atom. The zero-order valence-electron chi connectivity index (χ0n) is 13.4. The van der Waals surface area contributed by atoms with Gasteiger partial charge in [0.05, 0.1) is 26.8 Å². The molecular weight excluding hydrogens is 294 g/mol. The Balaban J connectivity index is 1.59. The third-order valence-corrected chi connectivity index (χ3v) is 4.20. The number of hydrogen-bond acceptors (Lipinski definition) is 4. The van der Waals surface area contributed by atoms with E-state index in [1.165, 1.54) is 5.56 Å². The van der Waals surface area contributed by atoms with Crippen molar-refractivity contribution >= 4 is 5.91 Å². The lowest BCUT2D eigenvalue weighted by atomic mass is 9.93. The Morgan fingerprint density at radius 1 is 1.35 bits per heavy atom. The summed E-state index contributed by atoms with van der Waals surface area (Å²) in [5, 5.41) is 10.2. The molecule has 1 aromatic heterocycles. The lowest BCUT2D eigenvalue weighted by Gasteiger charge is -2.22. The van der Waals surface area contributed by atoms with Gasteiger partial charge in [-0.3, -0.25) is 9.89 Å². The quantitative estimate of drug-likeness (QED) is 0.879. The van der Waals surface area contributed by atoms with Gasteiger partial charge >= 0.3 is 0 Å². The highest BCUT2D eigenvalue weighted by atomic mass is 16.5. The number of amides is 1. The van der Waals surface area contributed by atoms with Crippen LogP contribution in [-0.2, 0) is 24.1 Å². The molecule has 0 aliphatic heterocycles. The Bertz CT molecular complexity index is 696. The van der Waals surface area contributed by atoms with E-state index in [0.717, 1.165) is 30.5 Å². The van der Waals surface area contributed by atoms with Gasteiger partial charge in [0, 0.05) is 18.2 Å². The smallest absolute Gasteiger partial charge is 0.224 e. The number of nitrogens with one attached hydrogen (secondary N) is 2. The van der Waals surface area contributed by atoms with Crippen molar-refractivity contribution in [1.82, 2.24) is 15.5 Å². The fourth-order valence-electron chi connectivity index (χ4n) is 2.99. The molecule has 23 heavy (non-hydrogen) atoms. The van der Waals surface area contributed by atoms with Crippen LogP contribution in [0.25, 0.3) is 0 Å². The van der Waals surface area contributed by atoms with Gasteiger partial charge in [-0.2, -0.15) is 5.10 Å². The molecule has 1 aliphatic carbocycles. The monoisotopic (exact) mass is 315 g/mol. The second-order valence-electron chi connectivity index (χ2n) is 5.75. The van der Waals surface area contributed by atoms with Gasteiger partial charge in [0.2, 0.25) is 5.91 Å². The average Bonchev–Trinajstić information content (AvgIpc) is 3.02. The topological polar surface area (TPSA) is 76.2 Å². The van der Waals surface area contributed by atoms with Crippen LogP contribution >= 0.6 is 0 Å². The summed E-state index contributed by atoms with van der Waals surface area (Å²) in [5.41, 5.74) is 3.29. The standard InChI is InChI=1S/C17H21N3O3/c1-22-15-6-3-11(7-16(15)23-2)8-17(21)19-13-5-4-12-10-18-20-14(12)9-13/h3,6-7,10,13H,4-5,8-9H2,1-2H3,(H,18,20)(H,19,21). The summed E-state index contributed by atoms with van der Waals surface area (Å²) in [6.45, 7) is 0. The lowest BCUT2D eigenvalue weighted by Crippen LogP contribution is -2.39. The SMILES string of the molecule is COc1ccc(CC(=O)NC2CCc3cn[nH]c3C2)cc1OC. The van der Waals surface area contributed by atoms with E-state index in [9.17, 15) is 4.79 Å². The normalized spacial score (nSPS) is 16.5. The molecule has 6 nitrogen and oxygen atoms in total. The molecule has 0 saturated heterocycles. The highest BCUT2D eigenvalue weighted by Gasteiger charge is 2.21. The van der Waals surface area contributed by atoms with E-state index in [1.807, 2.05) is 24.4 Å². The van der Waals surface area contributed by atoms with Gasteiger partial charge in [0.25, 0.3) is 0 Å². The fourth-order valence-corrected chi connectivity index (χ4v) is 2.99. The number of aromatic nitrogens is 2. The summed E-state index contributed by atoms with van der Waals surface area (Å²) >= 11 is 0. The zero-order chi connectivity index (χ0) is 16.2. The van der Waals surface area contributed by atoms with E-state index in [4.69, 9.17) is 9.47 Å². The van der Waals surface area contributed by atoms with Gasteiger partial charge in [-0.1, -0.05) is 6.07 Å². The maximum Gasteiger partial charge on any atom is 0.224 e. The van der Waals surface area contributed by atoms with Gasteiger partial charge in [-0.05, 0) is 36.1 Å². The number of carbonyl (C=O) groups excluding carboxylic acids is 1. The molecule has 0 fully saturated rings. The second kappa shape index (κ2) is 6.73. The van der Waals surface area contributed by atoms with Crippen molar-refractivity contribution in [3.8, 4) is 11.5 Å². The average molecular weight is 315 g/mol. The van der Waals surface area contributed by atoms with Gasteiger partial charge in [-0.25, -0.2) is 0 Å². The van der Waals surface area contributed by atoms with Crippen LogP contribution in [0.4, 0.5) is 0 Å². The predicted octanol–water partition coefficient (Wildman–Crippen LogP) is 1.64. The minimum atomic E-state index is 0.0187. The van der Waals surface area contributed by atoms with E-state index < -0.39 is 0 Å². The van der Waals surface area contributed by atoms with Crippen LogP contribution in [0.15, 0.2) is 24.4 Å². The highest BCUT2D eigenvalue weighted by Crippen LogP contribution is 2.27. The van der Waals surface area contributed by atoms with Crippen molar-refractivity contribution in [2.24, 2.45) is 0 Å². The zero-order valence-corrected chi connectivity index (χ0v) is 13.4. The third-order valence-electron chi connectivity index (χ3n) is 4.20. The summed E-state index contributed by atoms with van der Waals surface area (Å²) in [5.74, 6) is 1.32. The summed E-state index contributed by atoms with van der Waals surface area (Å²) in [6.07, 6.45) is 4.91. The molecule has 0 saturated carbocycles. The molecule has 1 unspecified atom stereocenters. The fraction of sp³-hybridized carbons (Fsp3) is 0.412. The van der Waals surface area contributed by atoms with Gasteiger partial charge in [-0.15, -0.1) is 0 Å². The number of methoxy groups -OCH3 is 2. The molecule has 1 amide bonds. The maximum absolute atomic E-state index is 12.3. The predicted molar refractivity (Wildman–Crippen MR) is 85.8 cm³/mol. The summed E-state index contributed by atoms with van der Waals surface area (Å²) in [4.78, 5) is 12.3. The number of nitrogens with zero attached hydrogens (tertiary/aromatic N) is 1. The van der Waals surface area contributed by atoms with Crippen LogP contribution < -0.4 is 14.8 Å². The summed E-state index contributed by atoms with van der Waals surface area (Å²) < 4.78 is 10.5. The highest BCUT2D eigenvalue weighted by molar-refractivity contribution is 5.79. The molecule has 122 valence electrons. The number of carbonyl (C=O) groups is 1. The van der Waals surface area contributed by atoms with Gasteiger partial charge in [0.15, 0.2) is 11.5 Å². The van der Waals surface area contributed by atoms with Crippen LogP contribution in [0.1, 0.15) is 23.2 Å². The van der Waals surface area contributed by atoms with E-state index in [0.29, 0.717) is 17.9 Å². The van der Waals surface area contributed by atoms with Crippen LogP contribution in [0, 0.1) is 0 Å². The first-order valence-corrected chi connectivity index (χ1v) is 7.71. The molecule has 1 heterocycles. The number of fused-ring (bicyclic) bond motifs is 1. The van der Waals surface area contributed by atoms with Crippen molar-refractivity contribution in [2.45, 2.75) is 31.7 Å². The number of H-pyrrole nitrogens is 1. The summed E-state index contributed by atoms with van der Waals surface area (Å²) in [7, 11) is 3.18. The number of aromatic amines is 1. The molecule has 0 spiro atoms. The molecule has 0 radical (unpaired) electrons. The molecule has 1 atom stereocenters. The second-order valence-corrected chi connectivity index (χ2v) is 5.75. The molecule has 2 aromatic rings. The Kier molecular flexibility index (Phi) is 4.50. The molecule has 2 N–H and O–H groups in total. The first kappa shape index (κ1) is 15.4. The van der Waals surface area contributed by atoms with Crippen LogP contribution in [0.5, 0.6) is 11.5 Å². The number of benzene rings is 1. The van der Waals surface area contributed by atoms with Crippen LogP contribution in [0.2, 0.25) is 0 Å². The minimum Gasteiger partial charge on any atom is -0.493 e. The molecule has 6 heteroatoms. The van der Waals surface area contributed by atoms with E-state index in [-0.39, 0.29) is 11.9 Å². The first-order chi connectivity index (χ1) is 11.2. The minimum absolute atomic E-state index is 0.0187. The Labute approximate surface area is 135 Å². The number of ether oxygens (including phenoxy) is 2. The molecule has 0 bridgehead atoms. The first-order valence-electron chi connectivity index (χ1n) is 7.71. The number of aryl methyl sites for hydroxylation is 1. The molecule has 1 aliphatic rings. The van der Waals surface area contributed by atoms with Crippen molar-refractivity contribution < 1.29 is 14.3 Å². The molecule has 1 aromatic carbocycles. The van der Waals surface area contributed by atoms with Gasteiger partial charge < -0.3 is 14.8 Å². The number of rotatable bonds is 5. The van der Waals surface area contributed by atoms with Crippen molar-refractivity contribution in [3.63, 3.8) is 0 Å². The molecule has 3 rings (SSSR count). The lowest BCUT2D eigenvalue weighted by molar-refractivity contribution is -0.121. The Hall–Kier alpha value is -2.50. The Morgan fingerprint density at radius 3 is 2.96 bits per heavy atom. The number of hydrogen-bond donors (Lipinski definition) is 2. The van der Waals surface area contributed by atoms with Crippen LogP contribution in [0.3, 0.4) is 0 Å². The van der Waals surface area contributed by atoms with Crippen molar-refractivity contribution in [2.75, 3.05) is 14.2 Å².